The average molecular weight is 303 g/mol. The zero-order chi connectivity index (χ0) is 15.1. The number of nitrogens with zero attached hydrogens (tertiary/aromatic N) is 4. The number of carbonyl (C=O) groups excluding carboxylic acids is 1. The predicted octanol–water partition coefficient (Wildman–Crippen LogP) is 1.76. The first-order valence-electron chi connectivity index (χ1n) is 8.48. The number of hydrogen-bond donors (Lipinski definition) is 1. The van der Waals surface area contributed by atoms with Crippen molar-refractivity contribution in [3.8, 4) is 0 Å². The number of rotatable bonds is 2. The van der Waals surface area contributed by atoms with E-state index in [1.165, 1.54) is 25.7 Å². The molecule has 2 heterocycles. The van der Waals surface area contributed by atoms with Crippen LogP contribution < -0.4 is 5.32 Å². The molecule has 2 amide bonds. The van der Waals surface area contributed by atoms with Crippen molar-refractivity contribution in [3.63, 3.8) is 0 Å². The molecule has 0 radical (unpaired) electrons. The highest BCUT2D eigenvalue weighted by atomic mass is 16.2. The van der Waals surface area contributed by atoms with Crippen LogP contribution in [0.1, 0.15) is 25.7 Å². The molecule has 3 aliphatic rings. The summed E-state index contributed by atoms with van der Waals surface area (Å²) in [4.78, 5) is 16.8. The zero-order valence-electron chi connectivity index (χ0n) is 13.2. The molecule has 6 heteroatoms. The predicted molar refractivity (Wildman–Crippen MR) is 84.6 cm³/mol. The van der Waals surface area contributed by atoms with Gasteiger partial charge in [-0.3, -0.25) is 14.9 Å². The lowest BCUT2D eigenvalue weighted by molar-refractivity contribution is 0.0859. The van der Waals surface area contributed by atoms with Gasteiger partial charge >= 0.3 is 6.03 Å². The molecule has 0 spiro atoms. The first-order valence-corrected chi connectivity index (χ1v) is 8.48. The normalized spacial score (nSPS) is 31.7. The molecule has 2 saturated carbocycles. The lowest BCUT2D eigenvalue weighted by Gasteiger charge is -2.40. The Morgan fingerprint density at radius 1 is 1.23 bits per heavy atom. The first-order chi connectivity index (χ1) is 10.7. The summed E-state index contributed by atoms with van der Waals surface area (Å²) in [6.07, 6.45) is 7.56. The Labute approximate surface area is 131 Å². The van der Waals surface area contributed by atoms with E-state index in [0.29, 0.717) is 5.82 Å². The van der Waals surface area contributed by atoms with Crippen molar-refractivity contribution in [2.45, 2.75) is 31.7 Å². The van der Waals surface area contributed by atoms with E-state index in [0.717, 1.165) is 44.1 Å². The van der Waals surface area contributed by atoms with Gasteiger partial charge in [-0.15, -0.1) is 0 Å². The van der Waals surface area contributed by atoms with Crippen molar-refractivity contribution in [2.75, 3.05) is 31.5 Å². The Morgan fingerprint density at radius 3 is 2.64 bits per heavy atom. The van der Waals surface area contributed by atoms with E-state index in [4.69, 9.17) is 0 Å². The maximum absolute atomic E-state index is 12.3. The minimum absolute atomic E-state index is 0.0220. The molecule has 1 aromatic rings. The summed E-state index contributed by atoms with van der Waals surface area (Å²) >= 11 is 0. The Hall–Kier alpha value is -1.56. The second-order valence-electron chi connectivity index (χ2n) is 7.07. The van der Waals surface area contributed by atoms with E-state index in [9.17, 15) is 4.79 Å². The molecule has 22 heavy (non-hydrogen) atoms. The van der Waals surface area contributed by atoms with E-state index in [1.807, 2.05) is 24.2 Å². The summed E-state index contributed by atoms with van der Waals surface area (Å²) in [6.45, 7) is 3.69. The van der Waals surface area contributed by atoms with E-state index in [2.05, 4.69) is 15.3 Å². The van der Waals surface area contributed by atoms with Crippen molar-refractivity contribution in [1.82, 2.24) is 19.6 Å². The number of amides is 2. The maximum atomic E-state index is 12.3. The van der Waals surface area contributed by atoms with Gasteiger partial charge in [-0.1, -0.05) is 6.42 Å². The van der Waals surface area contributed by atoms with Gasteiger partial charge in [0, 0.05) is 51.5 Å². The Kier molecular flexibility index (Phi) is 3.56. The quantitative estimate of drug-likeness (QED) is 0.906. The molecule has 3 fully saturated rings. The molecule has 120 valence electrons. The third-order valence-corrected chi connectivity index (χ3v) is 5.72. The van der Waals surface area contributed by atoms with Crippen molar-refractivity contribution in [3.05, 3.63) is 12.3 Å². The summed E-state index contributed by atoms with van der Waals surface area (Å²) in [7, 11) is 1.85. The van der Waals surface area contributed by atoms with Gasteiger partial charge in [0.15, 0.2) is 5.82 Å². The molecular weight excluding hydrogens is 278 g/mol. The smallest absolute Gasteiger partial charge is 0.322 e. The lowest BCUT2D eigenvalue weighted by atomic mass is 9.93. The van der Waals surface area contributed by atoms with E-state index in [1.54, 1.807) is 4.68 Å². The molecule has 1 saturated heterocycles. The van der Waals surface area contributed by atoms with Crippen LogP contribution in [0.3, 0.4) is 0 Å². The van der Waals surface area contributed by atoms with Crippen LogP contribution in [0.2, 0.25) is 0 Å². The number of nitrogens with one attached hydrogen (secondary N) is 1. The third kappa shape index (κ3) is 2.60. The van der Waals surface area contributed by atoms with Crippen LogP contribution in [0.25, 0.3) is 0 Å². The van der Waals surface area contributed by atoms with Crippen molar-refractivity contribution in [2.24, 2.45) is 18.9 Å². The summed E-state index contributed by atoms with van der Waals surface area (Å²) in [5.41, 5.74) is 0. The topological polar surface area (TPSA) is 53.4 Å². The van der Waals surface area contributed by atoms with E-state index < -0.39 is 0 Å². The second kappa shape index (κ2) is 5.57. The largest absolute Gasteiger partial charge is 0.323 e. The van der Waals surface area contributed by atoms with Crippen LogP contribution in [0, 0.1) is 11.8 Å². The minimum Gasteiger partial charge on any atom is -0.322 e. The highest BCUT2D eigenvalue weighted by molar-refractivity contribution is 5.88. The van der Waals surface area contributed by atoms with Gasteiger partial charge < -0.3 is 4.90 Å². The molecule has 2 bridgehead atoms. The van der Waals surface area contributed by atoms with Crippen LogP contribution in [0.15, 0.2) is 12.3 Å². The van der Waals surface area contributed by atoms with Gasteiger partial charge in [0.2, 0.25) is 0 Å². The molecule has 1 aliphatic heterocycles. The van der Waals surface area contributed by atoms with Crippen molar-refractivity contribution < 1.29 is 4.79 Å². The fourth-order valence-electron chi connectivity index (χ4n) is 4.59. The summed E-state index contributed by atoms with van der Waals surface area (Å²) in [5, 5.41) is 7.08. The fraction of sp³-hybridized carbons (Fsp3) is 0.750. The Balaban J connectivity index is 1.29. The summed E-state index contributed by atoms with van der Waals surface area (Å²) in [6, 6.07) is 2.59. The number of carbonyl (C=O) groups is 1. The molecule has 0 unspecified atom stereocenters. The molecule has 3 atom stereocenters. The molecule has 1 aromatic heterocycles. The molecule has 4 rings (SSSR count). The summed E-state index contributed by atoms with van der Waals surface area (Å²) < 4.78 is 1.70. The zero-order valence-corrected chi connectivity index (χ0v) is 13.2. The third-order valence-electron chi connectivity index (χ3n) is 5.72. The maximum Gasteiger partial charge on any atom is 0.323 e. The van der Waals surface area contributed by atoms with Crippen LogP contribution in [-0.2, 0) is 7.05 Å². The number of urea groups is 1. The van der Waals surface area contributed by atoms with E-state index in [-0.39, 0.29) is 6.03 Å². The minimum atomic E-state index is -0.0220. The summed E-state index contributed by atoms with van der Waals surface area (Å²) in [5.74, 6) is 2.54. The number of aryl methyl sites for hydroxylation is 1. The lowest BCUT2D eigenvalue weighted by Crippen LogP contribution is -2.54. The van der Waals surface area contributed by atoms with Crippen molar-refractivity contribution in [1.29, 1.82) is 0 Å². The Morgan fingerprint density at radius 2 is 2.05 bits per heavy atom. The van der Waals surface area contributed by atoms with Crippen LogP contribution in [0.5, 0.6) is 0 Å². The van der Waals surface area contributed by atoms with Gasteiger partial charge in [0.05, 0.1) is 0 Å². The van der Waals surface area contributed by atoms with Gasteiger partial charge in [-0.2, -0.15) is 5.10 Å². The van der Waals surface area contributed by atoms with Crippen molar-refractivity contribution >= 4 is 11.8 Å². The second-order valence-corrected chi connectivity index (χ2v) is 7.07. The van der Waals surface area contributed by atoms with Gasteiger partial charge in [-0.25, -0.2) is 4.79 Å². The monoisotopic (exact) mass is 303 g/mol. The molecule has 0 aromatic carbocycles. The highest BCUT2D eigenvalue weighted by Gasteiger charge is 2.42. The number of hydrogen-bond acceptors (Lipinski definition) is 3. The van der Waals surface area contributed by atoms with Gasteiger partial charge in [0.1, 0.15) is 0 Å². The van der Waals surface area contributed by atoms with Crippen LogP contribution in [-0.4, -0.2) is 57.8 Å². The molecule has 2 aliphatic carbocycles. The standard InChI is InChI=1S/C16H25N5O/c1-19-5-4-15(18-19)17-16(22)21-8-6-20(7-9-21)14-11-12-2-3-13(14)10-12/h4-5,12-14H,2-3,6-11H2,1H3,(H,17,18,22)/t12-,13-,14+/m0/s1. The number of aromatic nitrogens is 2. The van der Waals surface area contributed by atoms with Crippen LogP contribution in [0.4, 0.5) is 10.6 Å². The molecular formula is C16H25N5O. The fourth-order valence-corrected chi connectivity index (χ4v) is 4.59. The molecule has 1 N–H and O–H groups in total. The SMILES string of the molecule is Cn1ccc(NC(=O)N2CCN([C@@H]3C[C@H]4CC[C@H]3C4)CC2)n1. The molecule has 6 nitrogen and oxygen atoms in total. The highest BCUT2D eigenvalue weighted by Crippen LogP contribution is 2.46. The van der Waals surface area contributed by atoms with Crippen LogP contribution >= 0.6 is 0 Å². The van der Waals surface area contributed by atoms with Gasteiger partial charge in [-0.05, 0) is 31.1 Å². The Bertz CT molecular complexity index is 548. The average Bonchev–Trinajstić information content (AvgIpc) is 3.24. The number of anilines is 1. The number of fused-ring (bicyclic) bond motifs is 2. The first kappa shape index (κ1) is 14.1. The van der Waals surface area contributed by atoms with E-state index >= 15 is 0 Å². The van der Waals surface area contributed by atoms with Gasteiger partial charge in [0.25, 0.3) is 0 Å². The number of piperazine rings is 1.